The summed E-state index contributed by atoms with van der Waals surface area (Å²) in [6, 6.07) is 2.18. The van der Waals surface area contributed by atoms with Crippen molar-refractivity contribution in [3.8, 4) is 0 Å². The van der Waals surface area contributed by atoms with Gasteiger partial charge in [-0.2, -0.15) is 15.6 Å². The highest BCUT2D eigenvalue weighted by Crippen LogP contribution is 2.44. The van der Waals surface area contributed by atoms with Gasteiger partial charge in [-0.05, 0) is 60.2 Å². The summed E-state index contributed by atoms with van der Waals surface area (Å²) in [5.74, 6) is 0. The Morgan fingerprint density at radius 2 is 2.13 bits per heavy atom. The van der Waals surface area contributed by atoms with E-state index in [2.05, 4.69) is 21.7 Å². The number of hydrogen-bond acceptors (Lipinski definition) is 5. The molecule has 2 aliphatic rings. The second kappa shape index (κ2) is 6.80. The molecule has 0 aliphatic carbocycles. The van der Waals surface area contributed by atoms with E-state index in [0.717, 1.165) is 38.9 Å². The average molecular weight is 359 g/mol. The molecule has 1 spiro atoms. The van der Waals surface area contributed by atoms with E-state index in [1.165, 1.54) is 11.8 Å². The number of sulfonamides is 1. The topological polar surface area (TPSA) is 49.9 Å². The van der Waals surface area contributed by atoms with Gasteiger partial charge in [0.1, 0.15) is 0 Å². The lowest BCUT2D eigenvalue weighted by atomic mass is 9.76. The van der Waals surface area contributed by atoms with E-state index < -0.39 is 10.0 Å². The molecular formula is C16H26N2O3S2. The highest BCUT2D eigenvalue weighted by molar-refractivity contribution is 7.88. The first-order valence-corrected chi connectivity index (χ1v) is 10.9. The fraction of sp³-hybridized carbons (Fsp3) is 0.750. The van der Waals surface area contributed by atoms with Crippen molar-refractivity contribution in [1.82, 2.24) is 9.21 Å². The first-order valence-electron chi connectivity index (χ1n) is 8.11. The third-order valence-electron chi connectivity index (χ3n) is 5.26. The Balaban J connectivity index is 1.63. The van der Waals surface area contributed by atoms with E-state index in [0.29, 0.717) is 13.2 Å². The van der Waals surface area contributed by atoms with Gasteiger partial charge in [0, 0.05) is 26.2 Å². The predicted molar refractivity (Wildman–Crippen MR) is 93.1 cm³/mol. The molecule has 1 aromatic heterocycles. The van der Waals surface area contributed by atoms with Gasteiger partial charge in [-0.1, -0.05) is 0 Å². The Morgan fingerprint density at radius 3 is 2.70 bits per heavy atom. The monoisotopic (exact) mass is 358 g/mol. The Labute approximate surface area is 143 Å². The zero-order valence-electron chi connectivity index (χ0n) is 13.9. The Morgan fingerprint density at radius 1 is 1.39 bits per heavy atom. The van der Waals surface area contributed by atoms with Crippen LogP contribution < -0.4 is 0 Å². The minimum atomic E-state index is -3.16. The van der Waals surface area contributed by atoms with E-state index in [1.54, 1.807) is 22.8 Å². The zero-order valence-corrected chi connectivity index (χ0v) is 15.5. The number of methoxy groups -OCH3 is 1. The number of hydrogen-bond donors (Lipinski definition) is 0. The van der Waals surface area contributed by atoms with Gasteiger partial charge in [0.05, 0.1) is 12.9 Å². The maximum atomic E-state index is 12.1. The summed E-state index contributed by atoms with van der Waals surface area (Å²) in [4.78, 5) is 2.49. The maximum absolute atomic E-state index is 12.1. The molecule has 0 radical (unpaired) electrons. The van der Waals surface area contributed by atoms with Crippen molar-refractivity contribution in [3.05, 3.63) is 22.4 Å². The van der Waals surface area contributed by atoms with Crippen LogP contribution in [0.2, 0.25) is 0 Å². The van der Waals surface area contributed by atoms with Crippen molar-refractivity contribution in [3.63, 3.8) is 0 Å². The first kappa shape index (κ1) is 17.4. The summed E-state index contributed by atoms with van der Waals surface area (Å²) in [6.07, 6.45) is 4.40. The molecule has 0 amide bonds. The van der Waals surface area contributed by atoms with Crippen LogP contribution in [0.5, 0.6) is 0 Å². The lowest BCUT2D eigenvalue weighted by Crippen LogP contribution is -2.42. The first-order chi connectivity index (χ1) is 10.9. The molecular weight excluding hydrogens is 332 g/mol. The molecule has 3 rings (SSSR count). The molecule has 5 nitrogen and oxygen atoms in total. The minimum Gasteiger partial charge on any atom is -0.383 e. The summed E-state index contributed by atoms with van der Waals surface area (Å²) in [7, 11) is -1.51. The molecule has 0 bridgehead atoms. The number of piperidine rings is 1. The van der Waals surface area contributed by atoms with Gasteiger partial charge < -0.3 is 4.74 Å². The lowest BCUT2D eigenvalue weighted by molar-refractivity contribution is 0.105. The summed E-state index contributed by atoms with van der Waals surface area (Å²) < 4.78 is 31.1. The normalized spacial score (nSPS) is 26.1. The van der Waals surface area contributed by atoms with Gasteiger partial charge in [0.15, 0.2) is 0 Å². The molecule has 23 heavy (non-hydrogen) atoms. The molecule has 3 heterocycles. The third kappa shape index (κ3) is 3.96. The van der Waals surface area contributed by atoms with Crippen molar-refractivity contribution in [2.75, 3.05) is 39.6 Å². The van der Waals surface area contributed by atoms with Crippen LogP contribution in [0.15, 0.2) is 16.8 Å². The van der Waals surface area contributed by atoms with Crippen molar-refractivity contribution in [2.24, 2.45) is 5.41 Å². The largest absolute Gasteiger partial charge is 0.383 e. The van der Waals surface area contributed by atoms with Crippen molar-refractivity contribution < 1.29 is 13.2 Å². The quantitative estimate of drug-likeness (QED) is 0.808. The van der Waals surface area contributed by atoms with Gasteiger partial charge in [-0.3, -0.25) is 4.90 Å². The van der Waals surface area contributed by atoms with Crippen LogP contribution in [0.4, 0.5) is 0 Å². The van der Waals surface area contributed by atoms with E-state index in [1.807, 2.05) is 0 Å². The van der Waals surface area contributed by atoms with Gasteiger partial charge in [-0.15, -0.1) is 0 Å². The molecule has 130 valence electrons. The van der Waals surface area contributed by atoms with Gasteiger partial charge in [-0.25, -0.2) is 8.42 Å². The molecule has 2 aliphatic heterocycles. The van der Waals surface area contributed by atoms with Crippen LogP contribution in [-0.2, 0) is 21.3 Å². The molecule has 2 fully saturated rings. The predicted octanol–water partition coefficient (Wildman–Crippen LogP) is 2.01. The fourth-order valence-electron chi connectivity index (χ4n) is 4.04. The summed E-state index contributed by atoms with van der Waals surface area (Å²) in [5.41, 5.74) is 1.52. The Bertz CT molecular complexity index is 607. The number of thiophene rings is 1. The maximum Gasteiger partial charge on any atom is 0.211 e. The zero-order chi connectivity index (χ0) is 16.5. The molecule has 1 aromatic rings. The molecule has 0 aromatic carbocycles. The lowest BCUT2D eigenvalue weighted by Gasteiger charge is -2.39. The Kier molecular flexibility index (Phi) is 5.13. The van der Waals surface area contributed by atoms with Crippen LogP contribution in [0.3, 0.4) is 0 Å². The van der Waals surface area contributed by atoms with E-state index >= 15 is 0 Å². The van der Waals surface area contributed by atoms with Gasteiger partial charge in [0.25, 0.3) is 0 Å². The Hall–Kier alpha value is -0.470. The van der Waals surface area contributed by atoms with Gasteiger partial charge >= 0.3 is 0 Å². The number of likely N-dealkylation sites (tertiary alicyclic amines) is 1. The fourth-order valence-corrected chi connectivity index (χ4v) is 5.88. The molecule has 0 saturated carbocycles. The van der Waals surface area contributed by atoms with E-state index in [-0.39, 0.29) is 11.5 Å². The summed E-state index contributed by atoms with van der Waals surface area (Å²) >= 11 is 1.74. The second-order valence-electron chi connectivity index (χ2n) is 7.03. The highest BCUT2D eigenvalue weighted by Gasteiger charge is 2.48. The van der Waals surface area contributed by atoms with Crippen LogP contribution in [0.25, 0.3) is 0 Å². The second-order valence-corrected chi connectivity index (χ2v) is 9.74. The van der Waals surface area contributed by atoms with Crippen LogP contribution in [0, 0.1) is 5.41 Å². The van der Waals surface area contributed by atoms with E-state index in [4.69, 9.17) is 4.74 Å². The molecule has 2 saturated heterocycles. The van der Waals surface area contributed by atoms with Crippen molar-refractivity contribution in [1.29, 1.82) is 0 Å². The van der Waals surface area contributed by atoms with E-state index in [9.17, 15) is 8.42 Å². The van der Waals surface area contributed by atoms with Gasteiger partial charge in [0.2, 0.25) is 10.0 Å². The summed E-state index contributed by atoms with van der Waals surface area (Å²) in [6.45, 7) is 4.26. The number of ether oxygens (including phenoxy) is 1. The van der Waals surface area contributed by atoms with Crippen molar-refractivity contribution in [2.45, 2.75) is 31.8 Å². The molecule has 0 unspecified atom stereocenters. The average Bonchev–Trinajstić information content (AvgIpc) is 3.10. The van der Waals surface area contributed by atoms with Crippen LogP contribution in [-0.4, -0.2) is 63.3 Å². The SMILES string of the molecule is COC[C@H]1CC2(CCN(Cc3ccsc3)CC2)CN1S(C)(=O)=O. The summed E-state index contributed by atoms with van der Waals surface area (Å²) in [5, 5.41) is 4.33. The third-order valence-corrected chi connectivity index (χ3v) is 7.27. The van der Waals surface area contributed by atoms with Crippen molar-refractivity contribution >= 4 is 21.4 Å². The molecule has 7 heteroatoms. The highest BCUT2D eigenvalue weighted by atomic mass is 32.2. The minimum absolute atomic E-state index is 0.00146. The smallest absolute Gasteiger partial charge is 0.211 e. The molecule has 0 N–H and O–H groups in total. The molecule has 1 atom stereocenters. The van der Waals surface area contributed by atoms with Crippen LogP contribution >= 0.6 is 11.3 Å². The number of nitrogens with zero attached hydrogens (tertiary/aromatic N) is 2. The van der Waals surface area contributed by atoms with Crippen LogP contribution in [0.1, 0.15) is 24.8 Å². The standard InChI is InChI=1S/C16H26N2O3S2/c1-21-11-15-9-16(13-18(15)23(2,19)20)4-6-17(7-5-16)10-14-3-8-22-12-14/h3,8,12,15H,4-7,9-11,13H2,1-2H3/t15-/m1/s1. The number of rotatable bonds is 5.